The van der Waals surface area contributed by atoms with Gasteiger partial charge < -0.3 is 20.3 Å². The van der Waals surface area contributed by atoms with Crippen molar-refractivity contribution in [2.24, 2.45) is 0 Å². The number of carbonyl (C=O) groups excluding carboxylic acids is 2. The molecule has 1 amide bonds. The van der Waals surface area contributed by atoms with Gasteiger partial charge in [0.15, 0.2) is 0 Å². The Bertz CT molecular complexity index is 776. The van der Waals surface area contributed by atoms with E-state index in [9.17, 15) is 19.8 Å². The summed E-state index contributed by atoms with van der Waals surface area (Å²) in [5.74, 6) is -0.0517. The Morgan fingerprint density at radius 3 is 1.11 bits per heavy atom. The van der Waals surface area contributed by atoms with Gasteiger partial charge in [0.1, 0.15) is 0 Å². The zero-order valence-electron chi connectivity index (χ0n) is 37.2. The van der Waals surface area contributed by atoms with Gasteiger partial charge in [-0.25, -0.2) is 0 Å². The lowest BCUT2D eigenvalue weighted by molar-refractivity contribution is -0.143. The Hall–Kier alpha value is -1.14. The Labute approximate surface area is 343 Å². The van der Waals surface area contributed by atoms with E-state index in [2.05, 4.69) is 19.2 Å². The summed E-state index contributed by atoms with van der Waals surface area (Å²) in [7, 11) is 0. The number of esters is 1. The fraction of sp³-hybridized carbons (Fsp3) is 0.959. The van der Waals surface area contributed by atoms with Crippen LogP contribution in [0.25, 0.3) is 0 Å². The van der Waals surface area contributed by atoms with Crippen molar-refractivity contribution in [2.75, 3.05) is 13.2 Å². The zero-order valence-corrected chi connectivity index (χ0v) is 37.2. The van der Waals surface area contributed by atoms with E-state index < -0.39 is 12.1 Å². The number of rotatable bonds is 46. The van der Waals surface area contributed by atoms with E-state index >= 15 is 0 Å². The second-order valence-electron chi connectivity index (χ2n) is 17.2. The number of hydrogen-bond acceptors (Lipinski definition) is 5. The molecule has 6 nitrogen and oxygen atoms in total. The summed E-state index contributed by atoms with van der Waals surface area (Å²) in [5, 5.41) is 23.2. The van der Waals surface area contributed by atoms with Gasteiger partial charge in [0.05, 0.1) is 25.4 Å². The summed E-state index contributed by atoms with van der Waals surface area (Å²) < 4.78 is 5.44. The molecule has 2 atom stereocenters. The maximum absolute atomic E-state index is 12.4. The molecule has 0 aliphatic heterocycles. The number of amides is 1. The van der Waals surface area contributed by atoms with Gasteiger partial charge in [0.2, 0.25) is 5.91 Å². The van der Waals surface area contributed by atoms with Gasteiger partial charge >= 0.3 is 5.97 Å². The van der Waals surface area contributed by atoms with E-state index in [-0.39, 0.29) is 18.5 Å². The molecule has 55 heavy (non-hydrogen) atoms. The van der Waals surface area contributed by atoms with Crippen LogP contribution < -0.4 is 5.32 Å². The minimum absolute atomic E-state index is 0.00533. The topological polar surface area (TPSA) is 95.9 Å². The molecule has 328 valence electrons. The van der Waals surface area contributed by atoms with Crippen LogP contribution in [0, 0.1) is 0 Å². The van der Waals surface area contributed by atoms with E-state index in [1.807, 2.05) is 0 Å². The van der Waals surface area contributed by atoms with Crippen LogP contribution in [0.2, 0.25) is 0 Å². The van der Waals surface area contributed by atoms with E-state index in [0.717, 1.165) is 51.4 Å². The van der Waals surface area contributed by atoms with E-state index in [4.69, 9.17) is 4.74 Å². The number of aliphatic hydroxyl groups excluding tert-OH is 2. The molecule has 0 fully saturated rings. The van der Waals surface area contributed by atoms with Crippen molar-refractivity contribution < 1.29 is 24.5 Å². The second kappa shape index (κ2) is 45.6. The molecule has 3 N–H and O–H groups in total. The quantitative estimate of drug-likeness (QED) is 0.0422. The van der Waals surface area contributed by atoms with E-state index in [1.165, 1.54) is 193 Å². The second-order valence-corrected chi connectivity index (χ2v) is 17.2. The number of ether oxygens (including phenoxy) is 1. The largest absolute Gasteiger partial charge is 0.466 e. The average Bonchev–Trinajstić information content (AvgIpc) is 3.18. The molecule has 6 heteroatoms. The highest BCUT2D eigenvalue weighted by Crippen LogP contribution is 2.17. The summed E-state index contributed by atoms with van der Waals surface area (Å²) >= 11 is 0. The third kappa shape index (κ3) is 42.3. The van der Waals surface area contributed by atoms with Crippen LogP contribution >= 0.6 is 0 Å². The van der Waals surface area contributed by atoms with Gasteiger partial charge in [-0.15, -0.1) is 0 Å². The first kappa shape index (κ1) is 53.9. The SMILES string of the molecule is CCCCCCCCCCCCCCCCC(O)C(CO)NC(=O)CCCCCCCCCCCCCCCOC(=O)CCCCCCCCCCCCC. The lowest BCUT2D eigenvalue weighted by Crippen LogP contribution is -2.45. The van der Waals surface area contributed by atoms with Crippen LogP contribution in [-0.4, -0.2) is 47.4 Å². The molecule has 0 rings (SSSR count). The van der Waals surface area contributed by atoms with E-state index in [0.29, 0.717) is 25.9 Å². The Balaban J connectivity index is 3.45. The first-order valence-electron chi connectivity index (χ1n) is 24.8. The van der Waals surface area contributed by atoms with Crippen molar-refractivity contribution in [1.82, 2.24) is 5.32 Å². The summed E-state index contributed by atoms with van der Waals surface area (Å²) in [4.78, 5) is 24.4. The molecular formula is C49H97NO5. The fourth-order valence-electron chi connectivity index (χ4n) is 7.82. The standard InChI is InChI=1S/C49H97NO5/c1-3-5-7-9-11-13-15-16-18-22-25-29-33-37-41-47(52)46(45-51)50-48(53)42-38-34-30-26-23-19-17-20-24-28-32-36-40-44-55-49(54)43-39-35-31-27-21-14-12-10-8-6-4-2/h46-47,51-52H,3-45H2,1-2H3,(H,50,53). The molecule has 0 radical (unpaired) electrons. The molecule has 0 heterocycles. The molecular weight excluding hydrogens is 683 g/mol. The average molecular weight is 780 g/mol. The van der Waals surface area contributed by atoms with E-state index in [1.54, 1.807) is 0 Å². The number of unbranched alkanes of at least 4 members (excludes halogenated alkanes) is 35. The van der Waals surface area contributed by atoms with Crippen LogP contribution in [0.1, 0.15) is 277 Å². The maximum atomic E-state index is 12.4. The molecule has 0 saturated carbocycles. The molecule has 0 aromatic carbocycles. The van der Waals surface area contributed by atoms with Crippen LogP contribution in [0.15, 0.2) is 0 Å². The first-order valence-corrected chi connectivity index (χ1v) is 24.8. The summed E-state index contributed by atoms with van der Waals surface area (Å²) in [6.45, 7) is 4.93. The molecule has 0 aliphatic carbocycles. The Morgan fingerprint density at radius 2 is 0.745 bits per heavy atom. The monoisotopic (exact) mass is 780 g/mol. The predicted octanol–water partition coefficient (Wildman–Crippen LogP) is 14.4. The zero-order chi connectivity index (χ0) is 40.1. The first-order chi connectivity index (χ1) is 27.0. The smallest absolute Gasteiger partial charge is 0.305 e. The van der Waals surface area contributed by atoms with Gasteiger partial charge in [-0.05, 0) is 25.7 Å². The van der Waals surface area contributed by atoms with Crippen LogP contribution in [0.4, 0.5) is 0 Å². The molecule has 0 bridgehead atoms. The normalized spacial score (nSPS) is 12.6. The molecule has 0 aromatic heterocycles. The van der Waals surface area contributed by atoms with Gasteiger partial charge in [-0.1, -0.05) is 239 Å². The minimum atomic E-state index is -0.670. The maximum Gasteiger partial charge on any atom is 0.305 e. The summed E-state index contributed by atoms with van der Waals surface area (Å²) in [6.07, 6.45) is 49.2. The highest BCUT2D eigenvalue weighted by Gasteiger charge is 2.20. The van der Waals surface area contributed by atoms with Crippen molar-refractivity contribution in [3.63, 3.8) is 0 Å². The Morgan fingerprint density at radius 1 is 0.436 bits per heavy atom. The van der Waals surface area contributed by atoms with Crippen molar-refractivity contribution in [3.8, 4) is 0 Å². The minimum Gasteiger partial charge on any atom is -0.466 e. The van der Waals surface area contributed by atoms with Gasteiger partial charge in [-0.2, -0.15) is 0 Å². The molecule has 2 unspecified atom stereocenters. The lowest BCUT2D eigenvalue weighted by atomic mass is 10.0. The fourth-order valence-corrected chi connectivity index (χ4v) is 7.82. The van der Waals surface area contributed by atoms with Crippen LogP contribution in [0.3, 0.4) is 0 Å². The third-order valence-electron chi connectivity index (χ3n) is 11.7. The van der Waals surface area contributed by atoms with Crippen molar-refractivity contribution in [1.29, 1.82) is 0 Å². The lowest BCUT2D eigenvalue weighted by Gasteiger charge is -2.22. The number of aliphatic hydroxyl groups is 2. The summed E-state index contributed by atoms with van der Waals surface area (Å²) in [5.41, 5.74) is 0. The summed E-state index contributed by atoms with van der Waals surface area (Å²) in [6, 6.07) is -0.548. The molecule has 0 saturated heterocycles. The van der Waals surface area contributed by atoms with Gasteiger partial charge in [-0.3, -0.25) is 9.59 Å². The van der Waals surface area contributed by atoms with Crippen molar-refractivity contribution in [2.45, 2.75) is 289 Å². The number of nitrogens with one attached hydrogen (secondary N) is 1. The van der Waals surface area contributed by atoms with Crippen molar-refractivity contribution >= 4 is 11.9 Å². The van der Waals surface area contributed by atoms with Crippen LogP contribution in [0.5, 0.6) is 0 Å². The molecule has 0 aromatic rings. The highest BCUT2D eigenvalue weighted by atomic mass is 16.5. The number of hydrogen-bond donors (Lipinski definition) is 3. The molecule has 0 aliphatic rings. The third-order valence-corrected chi connectivity index (χ3v) is 11.7. The van der Waals surface area contributed by atoms with Crippen LogP contribution in [-0.2, 0) is 14.3 Å². The van der Waals surface area contributed by atoms with Crippen molar-refractivity contribution in [3.05, 3.63) is 0 Å². The molecule has 0 spiro atoms. The van der Waals surface area contributed by atoms with Gasteiger partial charge in [0, 0.05) is 12.8 Å². The number of carbonyl (C=O) groups is 2. The van der Waals surface area contributed by atoms with Gasteiger partial charge in [0.25, 0.3) is 0 Å². The Kier molecular flexibility index (Phi) is 44.6. The highest BCUT2D eigenvalue weighted by molar-refractivity contribution is 5.76. The predicted molar refractivity (Wildman–Crippen MR) is 237 cm³/mol.